The van der Waals surface area contributed by atoms with Crippen molar-refractivity contribution in [2.75, 3.05) is 13.1 Å². The van der Waals surface area contributed by atoms with E-state index in [0.29, 0.717) is 13.1 Å². The van der Waals surface area contributed by atoms with Crippen molar-refractivity contribution in [2.24, 2.45) is 0 Å². The normalized spacial score (nSPS) is 18.5. The number of hydrogen-bond donors (Lipinski definition) is 1. The molecule has 1 heterocycles. The molecule has 0 spiro atoms. The van der Waals surface area contributed by atoms with E-state index in [0.717, 1.165) is 19.3 Å². The maximum Gasteiger partial charge on any atom is 0.246 e. The molecule has 5 heteroatoms. The number of aromatic hydroxyl groups is 1. The monoisotopic (exact) mass is 241 g/mol. The summed E-state index contributed by atoms with van der Waals surface area (Å²) in [6, 6.07) is 6.08. The largest absolute Gasteiger partial charge is 0.507 e. The van der Waals surface area contributed by atoms with Gasteiger partial charge in [-0.2, -0.15) is 4.31 Å². The summed E-state index contributed by atoms with van der Waals surface area (Å²) in [6.45, 7) is 1.10. The predicted molar refractivity (Wildman–Crippen MR) is 60.7 cm³/mol. The minimum absolute atomic E-state index is 0.0110. The number of sulfonamides is 1. The van der Waals surface area contributed by atoms with Crippen molar-refractivity contribution in [3.8, 4) is 5.75 Å². The second-order valence-electron chi connectivity index (χ2n) is 3.93. The third-order valence-electron chi connectivity index (χ3n) is 2.80. The molecule has 0 bridgehead atoms. The fraction of sp³-hybridized carbons (Fsp3) is 0.455. The zero-order valence-corrected chi connectivity index (χ0v) is 9.78. The van der Waals surface area contributed by atoms with Crippen LogP contribution < -0.4 is 0 Å². The number of hydrogen-bond acceptors (Lipinski definition) is 3. The lowest BCUT2D eigenvalue weighted by molar-refractivity contribution is 0.344. The van der Waals surface area contributed by atoms with Gasteiger partial charge in [-0.1, -0.05) is 18.6 Å². The summed E-state index contributed by atoms with van der Waals surface area (Å²) in [7, 11) is -3.51. The zero-order chi connectivity index (χ0) is 11.6. The molecular weight excluding hydrogens is 226 g/mol. The molecule has 0 aromatic heterocycles. The van der Waals surface area contributed by atoms with Crippen molar-refractivity contribution in [3.05, 3.63) is 24.3 Å². The van der Waals surface area contributed by atoms with Crippen LogP contribution in [0.2, 0.25) is 0 Å². The molecule has 1 aromatic carbocycles. The number of nitrogens with zero attached hydrogens (tertiary/aromatic N) is 1. The summed E-state index contributed by atoms with van der Waals surface area (Å²) < 4.78 is 25.8. The summed E-state index contributed by atoms with van der Waals surface area (Å²) in [5.41, 5.74) is 0. The van der Waals surface area contributed by atoms with Gasteiger partial charge in [0.25, 0.3) is 0 Å². The Hall–Kier alpha value is -1.07. The van der Waals surface area contributed by atoms with E-state index in [1.807, 2.05) is 0 Å². The highest BCUT2D eigenvalue weighted by Gasteiger charge is 2.27. The molecule has 88 valence electrons. The van der Waals surface area contributed by atoms with Gasteiger partial charge in [0.1, 0.15) is 10.6 Å². The summed E-state index contributed by atoms with van der Waals surface area (Å²) in [6.07, 6.45) is 2.87. The average Bonchev–Trinajstić information content (AvgIpc) is 2.30. The molecule has 0 atom stereocenters. The third kappa shape index (κ3) is 2.05. The first kappa shape index (κ1) is 11.4. The smallest absolute Gasteiger partial charge is 0.246 e. The van der Waals surface area contributed by atoms with Crippen LogP contribution in [0.1, 0.15) is 19.3 Å². The standard InChI is InChI=1S/C11H15NO3S/c13-10-6-2-3-7-11(10)16(14,15)12-8-4-1-5-9-12/h2-3,6-7,13H,1,4-5,8-9H2. The van der Waals surface area contributed by atoms with Gasteiger partial charge in [0.2, 0.25) is 10.0 Å². The molecule has 2 rings (SSSR count). The molecule has 1 N–H and O–H groups in total. The molecule has 4 nitrogen and oxygen atoms in total. The molecule has 0 amide bonds. The Kier molecular flexibility index (Phi) is 3.16. The Morgan fingerprint density at radius 1 is 1.06 bits per heavy atom. The average molecular weight is 241 g/mol. The molecule has 16 heavy (non-hydrogen) atoms. The van der Waals surface area contributed by atoms with E-state index in [9.17, 15) is 13.5 Å². The number of piperidine rings is 1. The first-order valence-corrected chi connectivity index (χ1v) is 6.84. The van der Waals surface area contributed by atoms with Crippen molar-refractivity contribution in [1.82, 2.24) is 4.31 Å². The highest BCUT2D eigenvalue weighted by molar-refractivity contribution is 7.89. The van der Waals surface area contributed by atoms with Crippen molar-refractivity contribution < 1.29 is 13.5 Å². The van der Waals surface area contributed by atoms with Crippen molar-refractivity contribution in [1.29, 1.82) is 0 Å². The van der Waals surface area contributed by atoms with Crippen molar-refractivity contribution >= 4 is 10.0 Å². The Balaban J connectivity index is 2.35. The van der Waals surface area contributed by atoms with Crippen molar-refractivity contribution in [3.63, 3.8) is 0 Å². The van der Waals surface area contributed by atoms with Gasteiger partial charge in [0.15, 0.2) is 0 Å². The highest BCUT2D eigenvalue weighted by atomic mass is 32.2. The number of rotatable bonds is 2. The van der Waals surface area contributed by atoms with Crippen LogP contribution in [0.25, 0.3) is 0 Å². The van der Waals surface area contributed by atoms with Gasteiger partial charge < -0.3 is 5.11 Å². The van der Waals surface area contributed by atoms with E-state index in [-0.39, 0.29) is 10.6 Å². The number of benzene rings is 1. The summed E-state index contributed by atoms with van der Waals surface area (Å²) >= 11 is 0. The number of para-hydroxylation sites is 1. The second-order valence-corrected chi connectivity index (χ2v) is 5.84. The Labute approximate surface area is 95.6 Å². The van der Waals surface area contributed by atoms with E-state index >= 15 is 0 Å². The van der Waals surface area contributed by atoms with Crippen LogP contribution in [0.5, 0.6) is 5.75 Å². The zero-order valence-electron chi connectivity index (χ0n) is 8.96. The van der Waals surface area contributed by atoms with Crippen LogP contribution in [0.15, 0.2) is 29.2 Å². The van der Waals surface area contributed by atoms with E-state index in [1.165, 1.54) is 16.4 Å². The van der Waals surface area contributed by atoms with Crippen molar-refractivity contribution in [2.45, 2.75) is 24.2 Å². The molecule has 1 aliphatic rings. The van der Waals surface area contributed by atoms with Crippen LogP contribution in [0.4, 0.5) is 0 Å². The van der Waals surface area contributed by atoms with Crippen LogP contribution in [-0.4, -0.2) is 30.9 Å². The summed E-state index contributed by atoms with van der Waals surface area (Å²) in [5, 5.41) is 9.57. The molecule has 0 saturated carbocycles. The molecule has 1 aliphatic heterocycles. The first-order chi connectivity index (χ1) is 7.62. The SMILES string of the molecule is O=S(=O)(c1ccccc1O)N1CCCCC1. The van der Waals surface area contributed by atoms with Crippen LogP contribution in [-0.2, 0) is 10.0 Å². The number of phenols is 1. The van der Waals surface area contributed by atoms with Crippen LogP contribution in [0, 0.1) is 0 Å². The quantitative estimate of drug-likeness (QED) is 0.855. The second kappa shape index (κ2) is 4.43. The Morgan fingerprint density at radius 2 is 1.69 bits per heavy atom. The van der Waals surface area contributed by atoms with Gasteiger partial charge in [-0.3, -0.25) is 0 Å². The molecule has 0 aliphatic carbocycles. The van der Waals surface area contributed by atoms with Crippen LogP contribution >= 0.6 is 0 Å². The minimum Gasteiger partial charge on any atom is -0.507 e. The highest BCUT2D eigenvalue weighted by Crippen LogP contribution is 2.26. The molecular formula is C11H15NO3S. The fourth-order valence-corrected chi connectivity index (χ4v) is 3.52. The van der Waals surface area contributed by atoms with Gasteiger partial charge >= 0.3 is 0 Å². The molecule has 0 radical (unpaired) electrons. The van der Waals surface area contributed by atoms with E-state index < -0.39 is 10.0 Å². The van der Waals surface area contributed by atoms with E-state index in [1.54, 1.807) is 12.1 Å². The Morgan fingerprint density at radius 3 is 2.31 bits per heavy atom. The van der Waals surface area contributed by atoms with Crippen LogP contribution in [0.3, 0.4) is 0 Å². The lowest BCUT2D eigenvalue weighted by atomic mass is 10.2. The molecule has 1 saturated heterocycles. The maximum absolute atomic E-state index is 12.2. The lowest BCUT2D eigenvalue weighted by Gasteiger charge is -2.26. The lowest BCUT2D eigenvalue weighted by Crippen LogP contribution is -2.35. The fourth-order valence-electron chi connectivity index (χ4n) is 1.92. The topological polar surface area (TPSA) is 57.6 Å². The first-order valence-electron chi connectivity index (χ1n) is 5.40. The maximum atomic E-state index is 12.2. The van der Waals surface area contributed by atoms with Gasteiger partial charge in [-0.05, 0) is 25.0 Å². The van der Waals surface area contributed by atoms with Gasteiger partial charge in [0.05, 0.1) is 0 Å². The predicted octanol–water partition coefficient (Wildman–Crippen LogP) is 1.57. The Bertz CT molecular complexity index is 464. The number of phenolic OH excluding ortho intramolecular Hbond substituents is 1. The van der Waals surface area contributed by atoms with Gasteiger partial charge in [0, 0.05) is 13.1 Å². The van der Waals surface area contributed by atoms with E-state index in [2.05, 4.69) is 0 Å². The van der Waals surface area contributed by atoms with Gasteiger partial charge in [-0.25, -0.2) is 8.42 Å². The minimum atomic E-state index is -3.51. The van der Waals surface area contributed by atoms with E-state index in [4.69, 9.17) is 0 Å². The summed E-state index contributed by atoms with van der Waals surface area (Å²) in [4.78, 5) is 0.0110. The van der Waals surface area contributed by atoms with Gasteiger partial charge in [-0.15, -0.1) is 0 Å². The molecule has 0 unspecified atom stereocenters. The third-order valence-corrected chi connectivity index (χ3v) is 4.74. The summed E-state index contributed by atoms with van der Waals surface area (Å²) in [5.74, 6) is -0.173. The molecule has 1 aromatic rings. The molecule has 1 fully saturated rings.